The van der Waals surface area contributed by atoms with Gasteiger partial charge in [-0.15, -0.1) is 0 Å². The van der Waals surface area contributed by atoms with E-state index in [1.807, 2.05) is 0 Å². The maximum absolute atomic E-state index is 5.60. The van der Waals surface area contributed by atoms with Crippen LogP contribution >= 0.6 is 0 Å². The molecule has 0 bridgehead atoms. The molecule has 0 aromatic heterocycles. The lowest BCUT2D eigenvalue weighted by Crippen LogP contribution is -2.49. The Kier molecular flexibility index (Phi) is 4.70. The average Bonchev–Trinajstić information content (AvgIpc) is 2.16. The number of hydrogen-bond acceptors (Lipinski definition) is 3. The predicted octanol–water partition coefficient (Wildman–Crippen LogP) is 0.834. The molecule has 1 fully saturated rings. The first kappa shape index (κ1) is 11.0. The van der Waals surface area contributed by atoms with Gasteiger partial charge in [-0.1, -0.05) is 6.92 Å². The van der Waals surface area contributed by atoms with Gasteiger partial charge in [-0.2, -0.15) is 0 Å². The van der Waals surface area contributed by atoms with Crippen molar-refractivity contribution in [2.75, 3.05) is 26.3 Å². The molecular weight excluding hydrogens is 164 g/mol. The first-order valence-electron chi connectivity index (χ1n) is 5.33. The maximum atomic E-state index is 5.60. The second-order valence-corrected chi connectivity index (χ2v) is 3.80. The van der Waals surface area contributed by atoms with Crippen molar-refractivity contribution in [3.05, 3.63) is 0 Å². The van der Waals surface area contributed by atoms with Crippen LogP contribution < -0.4 is 5.73 Å². The van der Waals surface area contributed by atoms with Crippen molar-refractivity contribution in [2.45, 2.75) is 38.8 Å². The normalized spacial score (nSPS) is 27.5. The Morgan fingerprint density at radius 1 is 1.62 bits per heavy atom. The monoisotopic (exact) mass is 186 g/mol. The van der Waals surface area contributed by atoms with Gasteiger partial charge in [0.1, 0.15) is 0 Å². The van der Waals surface area contributed by atoms with Crippen LogP contribution in [0.4, 0.5) is 0 Å². The zero-order valence-electron chi connectivity index (χ0n) is 8.83. The first-order chi connectivity index (χ1) is 6.29. The Morgan fingerprint density at radius 2 is 2.38 bits per heavy atom. The summed E-state index contributed by atoms with van der Waals surface area (Å²) in [4.78, 5) is 2.54. The third-order valence-corrected chi connectivity index (χ3v) is 2.86. The number of nitrogens with zero attached hydrogens (tertiary/aromatic N) is 1. The zero-order valence-corrected chi connectivity index (χ0v) is 8.83. The van der Waals surface area contributed by atoms with E-state index in [1.165, 1.54) is 6.42 Å². The summed E-state index contributed by atoms with van der Waals surface area (Å²) in [6.07, 6.45) is 2.31. The predicted molar refractivity (Wildman–Crippen MR) is 54.7 cm³/mol. The summed E-state index contributed by atoms with van der Waals surface area (Å²) < 4.78 is 5.41. The van der Waals surface area contributed by atoms with Crippen LogP contribution in [0.2, 0.25) is 0 Å². The molecule has 0 aliphatic carbocycles. The molecule has 0 amide bonds. The van der Waals surface area contributed by atoms with Gasteiger partial charge in [0.25, 0.3) is 0 Å². The third-order valence-electron chi connectivity index (χ3n) is 2.86. The molecule has 0 spiro atoms. The molecule has 2 unspecified atom stereocenters. The van der Waals surface area contributed by atoms with E-state index < -0.39 is 0 Å². The van der Waals surface area contributed by atoms with Crippen LogP contribution in [-0.4, -0.2) is 43.3 Å². The molecule has 1 aliphatic heterocycles. The van der Waals surface area contributed by atoms with Gasteiger partial charge in [-0.25, -0.2) is 0 Å². The Balaban J connectivity index is 2.44. The molecule has 1 rings (SSSR count). The van der Waals surface area contributed by atoms with Crippen LogP contribution in [0.15, 0.2) is 0 Å². The Morgan fingerprint density at radius 3 is 2.92 bits per heavy atom. The number of hydrogen-bond donors (Lipinski definition) is 1. The zero-order chi connectivity index (χ0) is 9.68. The fourth-order valence-corrected chi connectivity index (χ4v) is 2.08. The van der Waals surface area contributed by atoms with Gasteiger partial charge in [0, 0.05) is 18.6 Å². The average molecular weight is 186 g/mol. The minimum Gasteiger partial charge on any atom is -0.379 e. The van der Waals surface area contributed by atoms with Gasteiger partial charge in [0.15, 0.2) is 0 Å². The van der Waals surface area contributed by atoms with E-state index in [0.29, 0.717) is 12.1 Å². The Labute approximate surface area is 81.2 Å². The fraction of sp³-hybridized carbons (Fsp3) is 1.00. The first-order valence-corrected chi connectivity index (χ1v) is 5.33. The summed E-state index contributed by atoms with van der Waals surface area (Å²) in [6, 6.07) is 1.22. The molecule has 2 N–H and O–H groups in total. The minimum absolute atomic E-state index is 0.560. The highest BCUT2D eigenvalue weighted by Gasteiger charge is 2.24. The van der Waals surface area contributed by atoms with Crippen molar-refractivity contribution in [2.24, 2.45) is 5.73 Å². The quantitative estimate of drug-likeness (QED) is 0.707. The molecule has 1 heterocycles. The van der Waals surface area contributed by atoms with Gasteiger partial charge >= 0.3 is 0 Å². The summed E-state index contributed by atoms with van der Waals surface area (Å²) >= 11 is 0. The second-order valence-electron chi connectivity index (χ2n) is 3.80. The maximum Gasteiger partial charge on any atom is 0.0619 e. The minimum atomic E-state index is 0.560. The molecule has 1 aliphatic rings. The summed E-state index contributed by atoms with van der Waals surface area (Å²) in [6.45, 7) is 8.09. The van der Waals surface area contributed by atoms with Crippen LogP contribution in [0, 0.1) is 0 Å². The molecule has 3 nitrogen and oxygen atoms in total. The summed E-state index contributed by atoms with van der Waals surface area (Å²) in [5.74, 6) is 0. The van der Waals surface area contributed by atoms with Gasteiger partial charge in [0.05, 0.1) is 13.2 Å². The summed E-state index contributed by atoms with van der Waals surface area (Å²) in [5.41, 5.74) is 5.60. The lowest BCUT2D eigenvalue weighted by molar-refractivity contribution is -0.0238. The Bertz CT molecular complexity index is 141. The van der Waals surface area contributed by atoms with E-state index in [0.717, 1.165) is 32.7 Å². The van der Waals surface area contributed by atoms with Gasteiger partial charge in [-0.05, 0) is 26.3 Å². The van der Waals surface area contributed by atoms with Crippen LogP contribution in [0.1, 0.15) is 26.7 Å². The largest absolute Gasteiger partial charge is 0.379 e. The van der Waals surface area contributed by atoms with Crippen LogP contribution in [0.3, 0.4) is 0 Å². The highest BCUT2D eigenvalue weighted by Crippen LogP contribution is 2.15. The fourth-order valence-electron chi connectivity index (χ4n) is 2.08. The molecule has 0 radical (unpaired) electrons. The van der Waals surface area contributed by atoms with Gasteiger partial charge in [-0.3, -0.25) is 4.90 Å². The van der Waals surface area contributed by atoms with Gasteiger partial charge in [0.2, 0.25) is 0 Å². The Hall–Kier alpha value is -0.120. The number of morpholine rings is 1. The molecule has 2 atom stereocenters. The number of ether oxygens (including phenoxy) is 1. The highest BCUT2D eigenvalue weighted by molar-refractivity contribution is 4.78. The van der Waals surface area contributed by atoms with Crippen molar-refractivity contribution < 1.29 is 4.74 Å². The molecule has 0 aromatic rings. The lowest BCUT2D eigenvalue weighted by Gasteiger charge is -2.39. The van der Waals surface area contributed by atoms with Crippen LogP contribution in [0.5, 0.6) is 0 Å². The number of nitrogens with two attached hydrogens (primary N) is 1. The highest BCUT2D eigenvalue weighted by atomic mass is 16.5. The van der Waals surface area contributed by atoms with Gasteiger partial charge < -0.3 is 10.5 Å². The molecular formula is C10H22N2O. The van der Waals surface area contributed by atoms with E-state index in [2.05, 4.69) is 18.7 Å². The van der Waals surface area contributed by atoms with Crippen LogP contribution in [0.25, 0.3) is 0 Å². The topological polar surface area (TPSA) is 38.5 Å². The van der Waals surface area contributed by atoms with E-state index >= 15 is 0 Å². The van der Waals surface area contributed by atoms with Crippen molar-refractivity contribution in [3.8, 4) is 0 Å². The van der Waals surface area contributed by atoms with E-state index in [-0.39, 0.29) is 0 Å². The van der Waals surface area contributed by atoms with E-state index in [9.17, 15) is 0 Å². The molecule has 13 heavy (non-hydrogen) atoms. The van der Waals surface area contributed by atoms with Crippen molar-refractivity contribution in [1.29, 1.82) is 0 Å². The van der Waals surface area contributed by atoms with Crippen molar-refractivity contribution in [3.63, 3.8) is 0 Å². The lowest BCUT2D eigenvalue weighted by atomic mass is 10.1. The van der Waals surface area contributed by atoms with E-state index in [1.54, 1.807) is 0 Å². The number of rotatable bonds is 4. The van der Waals surface area contributed by atoms with Crippen molar-refractivity contribution >= 4 is 0 Å². The smallest absolute Gasteiger partial charge is 0.0619 e. The summed E-state index contributed by atoms with van der Waals surface area (Å²) in [5, 5.41) is 0. The third kappa shape index (κ3) is 2.93. The second kappa shape index (κ2) is 5.58. The SMILES string of the molecule is CCC(CCN)N1CCOCC1C. The standard InChI is InChI=1S/C10H22N2O/c1-3-10(4-5-11)12-6-7-13-8-9(12)2/h9-10H,3-8,11H2,1-2H3. The van der Waals surface area contributed by atoms with E-state index in [4.69, 9.17) is 10.5 Å². The summed E-state index contributed by atoms with van der Waals surface area (Å²) in [7, 11) is 0. The molecule has 0 saturated carbocycles. The van der Waals surface area contributed by atoms with Crippen molar-refractivity contribution in [1.82, 2.24) is 4.90 Å². The molecule has 3 heteroatoms. The molecule has 1 saturated heterocycles. The molecule has 78 valence electrons. The molecule has 0 aromatic carbocycles. The van der Waals surface area contributed by atoms with Crippen LogP contribution in [-0.2, 0) is 4.74 Å².